The molecule has 6 nitrogen and oxygen atoms in total. The minimum Gasteiger partial charge on any atom is -0.489 e. The number of rotatable bonds is 6. The molecule has 0 aliphatic carbocycles. The maximum atomic E-state index is 13.3. The lowest BCUT2D eigenvalue weighted by molar-refractivity contribution is 0.102. The fourth-order valence-corrected chi connectivity index (χ4v) is 5.18. The van der Waals surface area contributed by atoms with Gasteiger partial charge in [-0.25, -0.2) is 12.8 Å². The Morgan fingerprint density at radius 3 is 2.66 bits per heavy atom. The van der Waals surface area contributed by atoms with Gasteiger partial charge in [-0.1, -0.05) is 18.2 Å². The molecule has 0 radical (unpaired) electrons. The highest BCUT2D eigenvalue weighted by molar-refractivity contribution is 7.92. The first-order valence-corrected chi connectivity index (χ1v) is 12.0. The zero-order valence-corrected chi connectivity index (χ0v) is 18.5. The second kappa shape index (κ2) is 8.63. The number of hydrogen-bond donors (Lipinski definition) is 1. The Hall–Kier alpha value is -3.39. The molecule has 8 heteroatoms. The van der Waals surface area contributed by atoms with Gasteiger partial charge in [-0.2, -0.15) is 0 Å². The maximum Gasteiger partial charge on any atom is 0.255 e. The van der Waals surface area contributed by atoms with Gasteiger partial charge in [0.1, 0.15) is 18.2 Å². The first kappa shape index (κ1) is 21.8. The summed E-state index contributed by atoms with van der Waals surface area (Å²) in [6.45, 7) is 2.07. The van der Waals surface area contributed by atoms with E-state index in [-0.39, 0.29) is 24.4 Å². The van der Waals surface area contributed by atoms with Crippen LogP contribution < -0.4 is 14.4 Å². The van der Waals surface area contributed by atoms with Gasteiger partial charge in [-0.3, -0.25) is 9.10 Å². The molecule has 0 saturated heterocycles. The molecule has 1 N–H and O–H groups in total. The maximum absolute atomic E-state index is 13.3. The van der Waals surface area contributed by atoms with Crippen LogP contribution in [0, 0.1) is 5.82 Å². The minimum atomic E-state index is -3.38. The average molecular weight is 455 g/mol. The molecule has 3 aromatic rings. The molecule has 166 valence electrons. The number of carbonyl (C=O) groups excluding carboxylic acids is 1. The smallest absolute Gasteiger partial charge is 0.255 e. The van der Waals surface area contributed by atoms with Crippen LogP contribution in [0.15, 0.2) is 66.7 Å². The quantitative estimate of drug-likeness (QED) is 0.600. The number of hydrogen-bond acceptors (Lipinski definition) is 4. The molecule has 1 unspecified atom stereocenters. The molecule has 0 spiro atoms. The van der Waals surface area contributed by atoms with E-state index >= 15 is 0 Å². The minimum absolute atomic E-state index is 0.187. The van der Waals surface area contributed by atoms with E-state index in [9.17, 15) is 17.6 Å². The third-order valence-corrected chi connectivity index (χ3v) is 6.51. The first-order valence-electron chi connectivity index (χ1n) is 10.1. The van der Waals surface area contributed by atoms with Crippen LogP contribution in [0.25, 0.3) is 0 Å². The van der Waals surface area contributed by atoms with Gasteiger partial charge in [-0.15, -0.1) is 0 Å². The molecule has 1 aliphatic heterocycles. The van der Waals surface area contributed by atoms with E-state index in [1.807, 2.05) is 13.0 Å². The van der Waals surface area contributed by atoms with Gasteiger partial charge in [0.15, 0.2) is 0 Å². The van der Waals surface area contributed by atoms with E-state index < -0.39 is 10.0 Å². The zero-order valence-electron chi connectivity index (χ0n) is 17.7. The predicted molar refractivity (Wildman–Crippen MR) is 122 cm³/mol. The van der Waals surface area contributed by atoms with Crippen molar-refractivity contribution in [3.63, 3.8) is 0 Å². The molecule has 32 heavy (non-hydrogen) atoms. The molecule has 1 atom stereocenters. The molecule has 4 rings (SSSR count). The topological polar surface area (TPSA) is 75.7 Å². The normalized spacial score (nSPS) is 15.3. The largest absolute Gasteiger partial charge is 0.489 e. The summed E-state index contributed by atoms with van der Waals surface area (Å²) in [4.78, 5) is 12.8. The Kier molecular flexibility index (Phi) is 5.88. The lowest BCUT2D eigenvalue weighted by Gasteiger charge is -2.21. The summed E-state index contributed by atoms with van der Waals surface area (Å²) in [5, 5.41) is 2.86. The number of nitrogens with zero attached hydrogens (tertiary/aromatic N) is 1. The second-order valence-electron chi connectivity index (χ2n) is 7.86. The Labute approximate surface area is 186 Å². The van der Waals surface area contributed by atoms with Crippen LogP contribution in [-0.4, -0.2) is 26.6 Å². The lowest BCUT2D eigenvalue weighted by atomic mass is 10.1. The van der Waals surface area contributed by atoms with Crippen molar-refractivity contribution in [2.45, 2.75) is 26.0 Å². The van der Waals surface area contributed by atoms with Crippen LogP contribution in [0.4, 0.5) is 15.8 Å². The molecule has 0 fully saturated rings. The van der Waals surface area contributed by atoms with Crippen LogP contribution in [0.1, 0.15) is 28.4 Å². The molecule has 3 aromatic carbocycles. The van der Waals surface area contributed by atoms with Crippen molar-refractivity contribution in [1.82, 2.24) is 0 Å². The van der Waals surface area contributed by atoms with Gasteiger partial charge in [0.2, 0.25) is 10.0 Å². The summed E-state index contributed by atoms with van der Waals surface area (Å²) in [7, 11) is -3.38. The Morgan fingerprint density at radius 1 is 1.12 bits per heavy atom. The summed E-state index contributed by atoms with van der Waals surface area (Å²) in [5.74, 6) is -0.233. The predicted octanol–water partition coefficient (Wildman–Crippen LogP) is 4.37. The van der Waals surface area contributed by atoms with E-state index in [2.05, 4.69) is 5.32 Å². The highest BCUT2D eigenvalue weighted by Crippen LogP contribution is 2.34. The van der Waals surface area contributed by atoms with Crippen molar-refractivity contribution >= 4 is 27.3 Å². The summed E-state index contributed by atoms with van der Waals surface area (Å²) in [5.41, 5.74) is 3.31. The van der Waals surface area contributed by atoms with Crippen LogP contribution >= 0.6 is 0 Å². The van der Waals surface area contributed by atoms with Crippen LogP contribution in [0.3, 0.4) is 0 Å². The van der Waals surface area contributed by atoms with Gasteiger partial charge in [0, 0.05) is 23.4 Å². The van der Waals surface area contributed by atoms with Gasteiger partial charge in [-0.05, 0) is 66.9 Å². The van der Waals surface area contributed by atoms with Crippen LogP contribution in [0.2, 0.25) is 0 Å². The summed E-state index contributed by atoms with van der Waals surface area (Å²) in [6, 6.07) is 18.0. The summed E-state index contributed by atoms with van der Waals surface area (Å²) < 4.78 is 44.4. The third-order valence-electron chi connectivity index (χ3n) is 5.24. The number of anilines is 2. The first-order chi connectivity index (χ1) is 15.2. The second-order valence-corrected chi connectivity index (χ2v) is 9.72. The van der Waals surface area contributed by atoms with E-state index in [4.69, 9.17) is 4.74 Å². The number of benzene rings is 3. The van der Waals surface area contributed by atoms with E-state index in [0.717, 1.165) is 11.1 Å². The molecule has 0 bridgehead atoms. The SMILES string of the molecule is CC1Cc2cc(C(=O)Nc3cccc(COc4cccc(F)c4)c3)ccc2N1S(C)(=O)=O. The number of nitrogens with one attached hydrogen (secondary N) is 1. The van der Waals surface area contributed by atoms with Crippen LogP contribution in [-0.2, 0) is 23.1 Å². The number of amides is 1. The average Bonchev–Trinajstić information content (AvgIpc) is 3.08. The third kappa shape index (κ3) is 4.75. The standard InChI is InChI=1S/C24H23FN2O4S/c1-16-11-19-13-18(9-10-23(19)27(16)32(2,29)30)24(28)26-21-7-3-5-17(12-21)15-31-22-8-4-6-20(25)14-22/h3-10,12-14,16H,11,15H2,1-2H3,(H,26,28). The summed E-state index contributed by atoms with van der Waals surface area (Å²) >= 11 is 0. The van der Waals surface area contributed by atoms with Crippen molar-refractivity contribution in [3.8, 4) is 5.75 Å². The molecule has 1 amide bonds. The Morgan fingerprint density at radius 2 is 1.91 bits per heavy atom. The van der Waals surface area contributed by atoms with Gasteiger partial charge in [0.05, 0.1) is 11.9 Å². The molecular weight excluding hydrogens is 431 g/mol. The van der Waals surface area contributed by atoms with E-state index in [1.165, 1.54) is 22.7 Å². The van der Waals surface area contributed by atoms with Crippen molar-refractivity contribution < 1.29 is 22.3 Å². The number of halogens is 1. The number of fused-ring (bicyclic) bond motifs is 1. The number of carbonyl (C=O) groups is 1. The molecule has 1 heterocycles. The lowest BCUT2D eigenvalue weighted by Crippen LogP contribution is -2.34. The molecule has 0 saturated carbocycles. The van der Waals surface area contributed by atoms with Gasteiger partial charge >= 0.3 is 0 Å². The fraction of sp³-hybridized carbons (Fsp3) is 0.208. The van der Waals surface area contributed by atoms with Crippen molar-refractivity contribution in [1.29, 1.82) is 0 Å². The van der Waals surface area contributed by atoms with Crippen molar-refractivity contribution in [3.05, 3.63) is 89.2 Å². The highest BCUT2D eigenvalue weighted by Gasteiger charge is 2.32. The Balaban J connectivity index is 1.46. The van der Waals surface area contributed by atoms with Crippen LogP contribution in [0.5, 0.6) is 5.75 Å². The number of ether oxygens (including phenoxy) is 1. The van der Waals surface area contributed by atoms with Crippen molar-refractivity contribution in [2.24, 2.45) is 0 Å². The fourth-order valence-electron chi connectivity index (χ4n) is 3.91. The molecule has 0 aromatic heterocycles. The molecular formula is C24H23FN2O4S. The molecule has 1 aliphatic rings. The van der Waals surface area contributed by atoms with E-state index in [0.29, 0.717) is 29.1 Å². The van der Waals surface area contributed by atoms with E-state index in [1.54, 1.807) is 48.5 Å². The highest BCUT2D eigenvalue weighted by atomic mass is 32.2. The van der Waals surface area contributed by atoms with Crippen molar-refractivity contribution in [2.75, 3.05) is 15.9 Å². The van der Waals surface area contributed by atoms with Gasteiger partial charge in [0.25, 0.3) is 5.91 Å². The number of sulfonamides is 1. The monoisotopic (exact) mass is 454 g/mol. The summed E-state index contributed by atoms with van der Waals surface area (Å²) in [6.07, 6.45) is 1.74. The zero-order chi connectivity index (χ0) is 22.9. The Bertz CT molecular complexity index is 1280. The van der Waals surface area contributed by atoms with Gasteiger partial charge < -0.3 is 10.1 Å².